The Morgan fingerprint density at radius 1 is 1.42 bits per heavy atom. The van der Waals surface area contributed by atoms with Crippen molar-refractivity contribution >= 4 is 10.2 Å². The van der Waals surface area contributed by atoms with Crippen molar-refractivity contribution in [1.29, 1.82) is 0 Å². The fourth-order valence-electron chi connectivity index (χ4n) is 0.657. The molecular weight excluding hydrogens is 188 g/mol. The number of hydrogen-bond acceptors (Lipinski definition) is 3. The zero-order chi connectivity index (χ0) is 9.35. The Morgan fingerprint density at radius 2 is 2.00 bits per heavy atom. The first-order valence-electron chi connectivity index (χ1n) is 2.99. The van der Waals surface area contributed by atoms with Crippen LogP contribution in [-0.4, -0.2) is 13.4 Å². The fraction of sp³-hybridized carbons (Fsp3) is 0.167. The SMILES string of the molecule is Cc1nc(S(=O)(=O)F)ccc1F. The minimum Gasteiger partial charge on any atom is -0.236 e. The average Bonchev–Trinajstić information content (AvgIpc) is 1.92. The van der Waals surface area contributed by atoms with Crippen LogP contribution in [0.25, 0.3) is 0 Å². The molecule has 0 aliphatic heterocycles. The second kappa shape index (κ2) is 2.78. The van der Waals surface area contributed by atoms with Crippen LogP contribution < -0.4 is 0 Å². The lowest BCUT2D eigenvalue weighted by Crippen LogP contribution is -1.98. The molecular formula is C6H5F2NO2S. The van der Waals surface area contributed by atoms with Gasteiger partial charge in [-0.25, -0.2) is 9.37 Å². The predicted molar refractivity (Wildman–Crippen MR) is 37.2 cm³/mol. The van der Waals surface area contributed by atoms with E-state index >= 15 is 0 Å². The molecule has 0 atom stereocenters. The Bertz CT molecular complexity index is 402. The molecule has 0 aliphatic rings. The van der Waals surface area contributed by atoms with Gasteiger partial charge in [0.25, 0.3) is 0 Å². The van der Waals surface area contributed by atoms with Crippen LogP contribution in [0.2, 0.25) is 0 Å². The normalized spacial score (nSPS) is 11.6. The molecule has 0 aliphatic carbocycles. The van der Waals surface area contributed by atoms with Gasteiger partial charge < -0.3 is 0 Å². The molecule has 0 spiro atoms. The largest absolute Gasteiger partial charge is 0.349 e. The predicted octanol–water partition coefficient (Wildman–Crippen LogP) is 1.19. The molecule has 0 N–H and O–H groups in total. The van der Waals surface area contributed by atoms with Gasteiger partial charge in [0, 0.05) is 0 Å². The Hall–Kier alpha value is -1.04. The zero-order valence-electron chi connectivity index (χ0n) is 6.08. The maximum atomic E-state index is 12.5. The summed E-state index contributed by atoms with van der Waals surface area (Å²) in [5.41, 5.74) is -0.145. The van der Waals surface area contributed by atoms with E-state index in [-0.39, 0.29) is 5.69 Å². The van der Waals surface area contributed by atoms with E-state index in [4.69, 9.17) is 0 Å². The second-order valence-electron chi connectivity index (χ2n) is 2.15. The first-order valence-corrected chi connectivity index (χ1v) is 4.37. The molecule has 66 valence electrons. The van der Waals surface area contributed by atoms with E-state index in [2.05, 4.69) is 4.98 Å². The summed E-state index contributed by atoms with van der Waals surface area (Å²) < 4.78 is 45.2. The van der Waals surface area contributed by atoms with Crippen molar-refractivity contribution in [2.24, 2.45) is 0 Å². The molecule has 1 aromatic heterocycles. The summed E-state index contributed by atoms with van der Waals surface area (Å²) in [6.45, 7) is 1.25. The van der Waals surface area contributed by atoms with E-state index in [1.54, 1.807) is 0 Å². The monoisotopic (exact) mass is 193 g/mol. The van der Waals surface area contributed by atoms with Gasteiger partial charge in [-0.1, -0.05) is 3.89 Å². The summed E-state index contributed by atoms with van der Waals surface area (Å²) >= 11 is 0. The van der Waals surface area contributed by atoms with Crippen molar-refractivity contribution in [3.63, 3.8) is 0 Å². The smallest absolute Gasteiger partial charge is 0.236 e. The number of aromatic nitrogens is 1. The number of pyridine rings is 1. The van der Waals surface area contributed by atoms with Gasteiger partial charge in [0.2, 0.25) is 0 Å². The maximum absolute atomic E-state index is 12.5. The van der Waals surface area contributed by atoms with Crippen molar-refractivity contribution in [3.8, 4) is 0 Å². The van der Waals surface area contributed by atoms with Gasteiger partial charge >= 0.3 is 10.2 Å². The Balaban J connectivity index is 3.33. The van der Waals surface area contributed by atoms with Gasteiger partial charge in [0.1, 0.15) is 5.82 Å². The van der Waals surface area contributed by atoms with Gasteiger partial charge in [0.15, 0.2) is 5.03 Å². The van der Waals surface area contributed by atoms with E-state index < -0.39 is 21.1 Å². The summed E-state index contributed by atoms with van der Waals surface area (Å²) in [7, 11) is -4.82. The third-order valence-corrected chi connectivity index (χ3v) is 1.97. The third-order valence-electron chi connectivity index (χ3n) is 1.25. The first kappa shape index (κ1) is 9.05. The molecule has 0 bridgehead atoms. The highest BCUT2D eigenvalue weighted by atomic mass is 32.3. The van der Waals surface area contributed by atoms with Crippen LogP contribution in [0, 0.1) is 12.7 Å². The Kier molecular flexibility index (Phi) is 2.10. The molecule has 0 saturated heterocycles. The fourth-order valence-corrected chi connectivity index (χ4v) is 1.13. The molecule has 0 aromatic carbocycles. The van der Waals surface area contributed by atoms with Crippen LogP contribution in [0.4, 0.5) is 8.28 Å². The molecule has 0 saturated carbocycles. The highest BCUT2D eigenvalue weighted by molar-refractivity contribution is 7.86. The highest BCUT2D eigenvalue weighted by Gasteiger charge is 2.14. The quantitative estimate of drug-likeness (QED) is 0.629. The number of aryl methyl sites for hydroxylation is 1. The third kappa shape index (κ3) is 1.76. The standard InChI is InChI=1S/C6H5F2NO2S/c1-4-5(7)2-3-6(9-4)12(8,10)11/h2-3H,1H3. The highest BCUT2D eigenvalue weighted by Crippen LogP contribution is 2.11. The number of halogens is 2. The summed E-state index contributed by atoms with van der Waals surface area (Å²) in [6.07, 6.45) is 0. The van der Waals surface area contributed by atoms with Crippen LogP contribution >= 0.6 is 0 Å². The molecule has 6 heteroatoms. The molecule has 0 fully saturated rings. The minimum atomic E-state index is -4.82. The van der Waals surface area contributed by atoms with Gasteiger partial charge in [0.05, 0.1) is 5.69 Å². The van der Waals surface area contributed by atoms with Gasteiger partial charge in [-0.05, 0) is 19.1 Å². The lowest BCUT2D eigenvalue weighted by atomic mass is 10.4. The van der Waals surface area contributed by atoms with Gasteiger partial charge in [-0.3, -0.25) is 0 Å². The van der Waals surface area contributed by atoms with E-state index in [0.29, 0.717) is 0 Å². The minimum absolute atomic E-state index is 0.145. The molecule has 1 heterocycles. The number of nitrogens with zero attached hydrogens (tertiary/aromatic N) is 1. The summed E-state index contributed by atoms with van der Waals surface area (Å²) in [4.78, 5) is 3.21. The van der Waals surface area contributed by atoms with Crippen LogP contribution in [0.15, 0.2) is 17.2 Å². The van der Waals surface area contributed by atoms with Crippen molar-refractivity contribution in [1.82, 2.24) is 4.98 Å². The summed E-state index contributed by atoms with van der Waals surface area (Å²) in [6, 6.07) is 1.63. The molecule has 0 amide bonds. The van der Waals surface area contributed by atoms with E-state index in [9.17, 15) is 16.7 Å². The number of rotatable bonds is 1. The Morgan fingerprint density at radius 3 is 2.42 bits per heavy atom. The molecule has 1 aromatic rings. The molecule has 0 radical (unpaired) electrons. The molecule has 1 rings (SSSR count). The molecule has 0 unspecified atom stereocenters. The van der Waals surface area contributed by atoms with Crippen LogP contribution in [0.1, 0.15) is 5.69 Å². The summed E-state index contributed by atoms with van der Waals surface area (Å²) in [5, 5.41) is -0.763. The van der Waals surface area contributed by atoms with Crippen molar-refractivity contribution < 1.29 is 16.7 Å². The van der Waals surface area contributed by atoms with Crippen molar-refractivity contribution in [2.45, 2.75) is 11.9 Å². The lowest BCUT2D eigenvalue weighted by molar-refractivity contribution is 0.544. The van der Waals surface area contributed by atoms with Crippen molar-refractivity contribution in [3.05, 3.63) is 23.6 Å². The second-order valence-corrected chi connectivity index (χ2v) is 3.45. The van der Waals surface area contributed by atoms with E-state index in [1.807, 2.05) is 0 Å². The lowest BCUT2D eigenvalue weighted by Gasteiger charge is -1.96. The maximum Gasteiger partial charge on any atom is 0.349 e. The van der Waals surface area contributed by atoms with Crippen molar-refractivity contribution in [2.75, 3.05) is 0 Å². The number of hydrogen-bond donors (Lipinski definition) is 0. The zero-order valence-corrected chi connectivity index (χ0v) is 6.90. The molecule has 3 nitrogen and oxygen atoms in total. The molecule has 12 heavy (non-hydrogen) atoms. The Labute approximate surface area is 68.3 Å². The van der Waals surface area contributed by atoms with Crippen LogP contribution in [0.3, 0.4) is 0 Å². The van der Waals surface area contributed by atoms with Crippen LogP contribution in [0.5, 0.6) is 0 Å². The van der Waals surface area contributed by atoms with Gasteiger partial charge in [-0.15, -0.1) is 0 Å². The topological polar surface area (TPSA) is 47.0 Å². The van der Waals surface area contributed by atoms with E-state index in [0.717, 1.165) is 12.1 Å². The van der Waals surface area contributed by atoms with E-state index in [1.165, 1.54) is 6.92 Å². The summed E-state index contributed by atoms with van der Waals surface area (Å²) in [5.74, 6) is -0.664. The van der Waals surface area contributed by atoms with Crippen LogP contribution in [-0.2, 0) is 10.2 Å². The first-order chi connectivity index (χ1) is 5.41. The average molecular weight is 193 g/mol. The van der Waals surface area contributed by atoms with Gasteiger partial charge in [-0.2, -0.15) is 8.42 Å².